The van der Waals surface area contributed by atoms with Crippen LogP contribution in [0.3, 0.4) is 0 Å². The molecule has 0 unspecified atom stereocenters. The molecule has 10 heteroatoms. The van der Waals surface area contributed by atoms with Crippen LogP contribution in [0.15, 0.2) is 34.6 Å². The highest BCUT2D eigenvalue weighted by Gasteiger charge is 2.30. The van der Waals surface area contributed by atoms with Crippen LogP contribution in [-0.2, 0) is 6.54 Å². The molecule has 0 aliphatic rings. The Kier molecular flexibility index (Phi) is 5.50. The molecular formula is C14H16F3N5OS. The molecule has 0 fully saturated rings. The summed E-state index contributed by atoms with van der Waals surface area (Å²) < 4.78 is 40.0. The van der Waals surface area contributed by atoms with Crippen molar-refractivity contribution in [2.45, 2.75) is 12.9 Å². The summed E-state index contributed by atoms with van der Waals surface area (Å²) in [5.74, 6) is -0.166. The van der Waals surface area contributed by atoms with E-state index in [2.05, 4.69) is 20.0 Å². The van der Waals surface area contributed by atoms with Gasteiger partial charge in [0.2, 0.25) is 0 Å². The molecule has 3 N–H and O–H groups in total. The monoisotopic (exact) mass is 359 g/mol. The number of rotatable bonds is 5. The minimum absolute atomic E-state index is 0.138. The lowest BCUT2D eigenvalue weighted by molar-refractivity contribution is -0.274. The summed E-state index contributed by atoms with van der Waals surface area (Å²) >= 11 is 1.50. The van der Waals surface area contributed by atoms with Gasteiger partial charge in [0, 0.05) is 25.2 Å². The molecule has 130 valence electrons. The average Bonchev–Trinajstić information content (AvgIpc) is 2.95. The Labute approximate surface area is 140 Å². The first-order valence-electron chi connectivity index (χ1n) is 6.77. The molecule has 0 saturated carbocycles. The maximum absolute atomic E-state index is 12.1. The van der Waals surface area contributed by atoms with Crippen LogP contribution in [-0.4, -0.2) is 31.4 Å². The van der Waals surface area contributed by atoms with Gasteiger partial charge in [0.15, 0.2) is 11.1 Å². The van der Waals surface area contributed by atoms with E-state index in [4.69, 9.17) is 5.73 Å². The van der Waals surface area contributed by atoms with E-state index in [9.17, 15) is 13.2 Å². The second kappa shape index (κ2) is 7.39. The van der Waals surface area contributed by atoms with Crippen molar-refractivity contribution in [2.75, 3.05) is 24.3 Å². The van der Waals surface area contributed by atoms with Crippen LogP contribution in [0, 0.1) is 0 Å². The predicted octanol–water partition coefficient (Wildman–Crippen LogP) is 3.03. The third-order valence-electron chi connectivity index (χ3n) is 2.69. The van der Waals surface area contributed by atoms with Gasteiger partial charge in [-0.1, -0.05) is 0 Å². The zero-order chi connectivity index (χ0) is 17.7. The molecule has 2 rings (SSSR count). The number of guanidine groups is 1. The van der Waals surface area contributed by atoms with Gasteiger partial charge in [0.25, 0.3) is 0 Å². The first-order chi connectivity index (χ1) is 11.2. The van der Waals surface area contributed by atoms with Gasteiger partial charge in [0.1, 0.15) is 5.75 Å². The third kappa shape index (κ3) is 5.61. The van der Waals surface area contributed by atoms with Crippen molar-refractivity contribution in [1.29, 1.82) is 0 Å². The Morgan fingerprint density at radius 3 is 2.54 bits per heavy atom. The normalized spacial score (nSPS) is 12.1. The Balaban J connectivity index is 1.92. The number of anilines is 2. The molecule has 1 aromatic carbocycles. The molecular weight excluding hydrogens is 343 g/mol. The Morgan fingerprint density at radius 1 is 1.33 bits per heavy atom. The fourth-order valence-electron chi connectivity index (χ4n) is 1.67. The summed E-state index contributed by atoms with van der Waals surface area (Å²) in [6.07, 6.45) is -4.71. The first kappa shape index (κ1) is 17.9. The summed E-state index contributed by atoms with van der Waals surface area (Å²) in [6, 6.07) is 5.20. The Hall–Kier alpha value is -2.49. The summed E-state index contributed by atoms with van der Waals surface area (Å²) in [4.78, 5) is 10.4. The fourth-order valence-corrected chi connectivity index (χ4v) is 2.42. The molecule has 0 atom stereocenters. The van der Waals surface area contributed by atoms with E-state index in [1.54, 1.807) is 0 Å². The van der Waals surface area contributed by atoms with Crippen LogP contribution in [0.4, 0.5) is 24.0 Å². The van der Waals surface area contributed by atoms with E-state index in [0.717, 1.165) is 10.8 Å². The number of benzene rings is 1. The predicted molar refractivity (Wildman–Crippen MR) is 88.5 cm³/mol. The zero-order valence-electron chi connectivity index (χ0n) is 13.0. The summed E-state index contributed by atoms with van der Waals surface area (Å²) in [6.45, 7) is 0.304. The average molecular weight is 359 g/mol. The highest BCUT2D eigenvalue weighted by molar-refractivity contribution is 7.13. The molecule has 2 aromatic rings. The summed E-state index contributed by atoms with van der Waals surface area (Å²) in [5.41, 5.74) is 7.03. The number of nitrogens with one attached hydrogen (secondary N) is 1. The molecule has 0 amide bonds. The highest BCUT2D eigenvalue weighted by Crippen LogP contribution is 2.24. The zero-order valence-corrected chi connectivity index (χ0v) is 13.8. The van der Waals surface area contributed by atoms with Crippen LogP contribution in [0.1, 0.15) is 5.69 Å². The standard InChI is InChI=1S/C14H16F3N5OS/c1-22(2)13-21-10(8-24-13)7-19-12(18)20-9-3-5-11(6-4-9)23-14(15,16)17/h3-6,8H,7H2,1-2H3,(H3,18,19,20). The molecule has 24 heavy (non-hydrogen) atoms. The van der Waals surface area contributed by atoms with Gasteiger partial charge in [0.05, 0.1) is 12.2 Å². The van der Waals surface area contributed by atoms with Gasteiger partial charge in [-0.2, -0.15) is 0 Å². The second-order valence-electron chi connectivity index (χ2n) is 4.91. The molecule has 6 nitrogen and oxygen atoms in total. The van der Waals surface area contributed by atoms with Crippen LogP contribution in [0.2, 0.25) is 0 Å². The van der Waals surface area contributed by atoms with Crippen molar-refractivity contribution in [3.05, 3.63) is 35.3 Å². The fraction of sp³-hybridized carbons (Fsp3) is 0.286. The van der Waals surface area contributed by atoms with E-state index in [-0.39, 0.29) is 11.7 Å². The number of nitrogens with two attached hydrogens (primary N) is 1. The van der Waals surface area contributed by atoms with Gasteiger partial charge in [-0.25, -0.2) is 9.98 Å². The Bertz CT molecular complexity index is 697. The quantitative estimate of drug-likeness (QED) is 0.634. The maximum Gasteiger partial charge on any atom is 0.573 e. The third-order valence-corrected chi connectivity index (χ3v) is 3.75. The number of ether oxygens (including phenoxy) is 1. The number of hydrogen-bond acceptors (Lipinski definition) is 5. The minimum atomic E-state index is -4.71. The maximum atomic E-state index is 12.1. The number of aliphatic imine (C=N–C) groups is 1. The lowest BCUT2D eigenvalue weighted by atomic mass is 10.3. The van der Waals surface area contributed by atoms with Gasteiger partial charge >= 0.3 is 6.36 Å². The number of thiazole rings is 1. The SMILES string of the molecule is CN(C)c1nc(CN=C(N)Nc2ccc(OC(F)(F)F)cc2)cs1. The molecule has 0 bridgehead atoms. The van der Waals surface area contributed by atoms with Crippen molar-refractivity contribution in [1.82, 2.24) is 4.98 Å². The van der Waals surface area contributed by atoms with Crippen LogP contribution >= 0.6 is 11.3 Å². The highest BCUT2D eigenvalue weighted by atomic mass is 32.1. The first-order valence-corrected chi connectivity index (χ1v) is 7.65. The molecule has 1 aromatic heterocycles. The largest absolute Gasteiger partial charge is 0.573 e. The minimum Gasteiger partial charge on any atom is -0.406 e. The van der Waals surface area contributed by atoms with E-state index in [1.807, 2.05) is 24.4 Å². The van der Waals surface area contributed by atoms with Crippen LogP contribution in [0.5, 0.6) is 5.75 Å². The van der Waals surface area contributed by atoms with Crippen molar-refractivity contribution < 1.29 is 17.9 Å². The van der Waals surface area contributed by atoms with E-state index in [0.29, 0.717) is 12.2 Å². The second-order valence-corrected chi connectivity index (χ2v) is 5.75. The van der Waals surface area contributed by atoms with Crippen molar-refractivity contribution in [3.8, 4) is 5.75 Å². The van der Waals surface area contributed by atoms with Crippen molar-refractivity contribution >= 4 is 28.1 Å². The summed E-state index contributed by atoms with van der Waals surface area (Å²) in [5, 5.41) is 5.54. The van der Waals surface area contributed by atoms with Gasteiger partial charge < -0.3 is 20.7 Å². The topological polar surface area (TPSA) is 75.8 Å². The molecule has 0 saturated heterocycles. The van der Waals surface area contributed by atoms with Gasteiger partial charge in [-0.15, -0.1) is 24.5 Å². The van der Waals surface area contributed by atoms with Gasteiger partial charge in [-0.3, -0.25) is 0 Å². The van der Waals surface area contributed by atoms with Crippen molar-refractivity contribution in [2.24, 2.45) is 10.7 Å². The lowest BCUT2D eigenvalue weighted by Crippen LogP contribution is -2.22. The molecule has 0 spiro atoms. The van der Waals surface area contributed by atoms with Crippen molar-refractivity contribution in [3.63, 3.8) is 0 Å². The number of aromatic nitrogens is 1. The molecule has 1 heterocycles. The number of halogens is 3. The molecule has 0 aliphatic heterocycles. The number of alkyl halides is 3. The van der Waals surface area contributed by atoms with Crippen LogP contribution in [0.25, 0.3) is 0 Å². The lowest BCUT2D eigenvalue weighted by Gasteiger charge is -2.10. The van der Waals surface area contributed by atoms with Gasteiger partial charge in [-0.05, 0) is 24.3 Å². The van der Waals surface area contributed by atoms with E-state index in [1.165, 1.54) is 35.6 Å². The summed E-state index contributed by atoms with van der Waals surface area (Å²) in [7, 11) is 3.79. The molecule has 0 aliphatic carbocycles. The van der Waals surface area contributed by atoms with Crippen LogP contribution < -0.4 is 20.7 Å². The smallest absolute Gasteiger partial charge is 0.406 e. The number of hydrogen-bond donors (Lipinski definition) is 2. The van der Waals surface area contributed by atoms with E-state index >= 15 is 0 Å². The molecule has 0 radical (unpaired) electrons. The van der Waals surface area contributed by atoms with E-state index < -0.39 is 6.36 Å². The number of nitrogens with zero attached hydrogens (tertiary/aromatic N) is 3. The Morgan fingerprint density at radius 2 is 2.00 bits per heavy atom.